The number of benzene rings is 1. The van der Waals surface area contributed by atoms with Gasteiger partial charge in [0.1, 0.15) is 0 Å². The van der Waals surface area contributed by atoms with E-state index in [0.717, 1.165) is 54.4 Å². The SMILES string of the molecule is C=C(C)CSc1nnc(N2CCOCC2)n1-c1cccc(C)c1. The largest absolute Gasteiger partial charge is 0.378 e. The maximum Gasteiger partial charge on any atom is 0.232 e. The Labute approximate surface area is 141 Å². The molecule has 23 heavy (non-hydrogen) atoms. The van der Waals surface area contributed by atoms with Crippen molar-refractivity contribution in [3.8, 4) is 5.69 Å². The lowest BCUT2D eigenvalue weighted by atomic mass is 10.2. The third-order valence-electron chi connectivity index (χ3n) is 3.62. The van der Waals surface area contributed by atoms with E-state index in [1.165, 1.54) is 5.56 Å². The number of aryl methyl sites for hydroxylation is 1. The molecule has 0 radical (unpaired) electrons. The van der Waals surface area contributed by atoms with Crippen LogP contribution >= 0.6 is 11.8 Å². The van der Waals surface area contributed by atoms with E-state index >= 15 is 0 Å². The second-order valence-corrected chi connectivity index (χ2v) is 6.74. The summed E-state index contributed by atoms with van der Waals surface area (Å²) < 4.78 is 7.60. The molecule has 5 nitrogen and oxygen atoms in total. The van der Waals surface area contributed by atoms with Crippen molar-refractivity contribution in [1.82, 2.24) is 14.8 Å². The van der Waals surface area contributed by atoms with E-state index in [0.29, 0.717) is 0 Å². The molecule has 0 bridgehead atoms. The Balaban J connectivity index is 2.00. The highest BCUT2D eigenvalue weighted by Crippen LogP contribution is 2.28. The van der Waals surface area contributed by atoms with Crippen LogP contribution in [0.25, 0.3) is 5.69 Å². The van der Waals surface area contributed by atoms with Crippen LogP contribution in [0.1, 0.15) is 12.5 Å². The van der Waals surface area contributed by atoms with E-state index in [9.17, 15) is 0 Å². The molecule has 0 spiro atoms. The van der Waals surface area contributed by atoms with Gasteiger partial charge in [0, 0.05) is 18.8 Å². The Bertz CT molecular complexity index is 692. The standard InChI is InChI=1S/C17H22N4OS/c1-13(2)12-23-17-19-18-16(20-7-9-22-10-8-20)21(17)15-6-4-5-14(3)11-15/h4-6,11H,1,7-10,12H2,2-3H3. The first kappa shape index (κ1) is 16.1. The quantitative estimate of drug-likeness (QED) is 0.622. The molecule has 122 valence electrons. The summed E-state index contributed by atoms with van der Waals surface area (Å²) in [5.74, 6) is 1.73. The van der Waals surface area contributed by atoms with Crippen LogP contribution in [0.5, 0.6) is 0 Å². The van der Waals surface area contributed by atoms with Crippen molar-refractivity contribution in [1.29, 1.82) is 0 Å². The average Bonchev–Trinajstić information content (AvgIpc) is 2.97. The van der Waals surface area contributed by atoms with Gasteiger partial charge in [0.2, 0.25) is 5.95 Å². The fourth-order valence-electron chi connectivity index (χ4n) is 2.50. The van der Waals surface area contributed by atoms with E-state index in [1.807, 2.05) is 6.92 Å². The van der Waals surface area contributed by atoms with Gasteiger partial charge < -0.3 is 9.64 Å². The molecule has 0 atom stereocenters. The van der Waals surface area contributed by atoms with Crippen LogP contribution in [0, 0.1) is 6.92 Å². The molecule has 0 amide bonds. The Morgan fingerprint density at radius 1 is 1.30 bits per heavy atom. The van der Waals surface area contributed by atoms with Gasteiger partial charge in [-0.2, -0.15) is 0 Å². The van der Waals surface area contributed by atoms with Gasteiger partial charge in [0.15, 0.2) is 5.16 Å². The van der Waals surface area contributed by atoms with E-state index in [2.05, 4.69) is 57.4 Å². The molecule has 1 fully saturated rings. The predicted molar refractivity (Wildman–Crippen MR) is 94.7 cm³/mol. The van der Waals surface area contributed by atoms with Gasteiger partial charge in [-0.15, -0.1) is 10.2 Å². The normalized spacial score (nSPS) is 15.0. The number of anilines is 1. The zero-order valence-corrected chi connectivity index (χ0v) is 14.5. The lowest BCUT2D eigenvalue weighted by Gasteiger charge is -2.28. The van der Waals surface area contributed by atoms with Crippen molar-refractivity contribution in [2.75, 3.05) is 37.0 Å². The summed E-state index contributed by atoms with van der Waals surface area (Å²) >= 11 is 1.67. The lowest BCUT2D eigenvalue weighted by molar-refractivity contribution is 0.122. The zero-order chi connectivity index (χ0) is 16.2. The number of hydrogen-bond acceptors (Lipinski definition) is 5. The van der Waals surface area contributed by atoms with Crippen LogP contribution in [0.15, 0.2) is 41.6 Å². The number of nitrogens with zero attached hydrogens (tertiary/aromatic N) is 4. The molecule has 0 aliphatic carbocycles. The first-order valence-electron chi connectivity index (χ1n) is 7.77. The molecule has 1 saturated heterocycles. The highest BCUT2D eigenvalue weighted by Gasteiger charge is 2.21. The van der Waals surface area contributed by atoms with Crippen LogP contribution in [-0.4, -0.2) is 46.8 Å². The van der Waals surface area contributed by atoms with Gasteiger partial charge in [0.25, 0.3) is 0 Å². The molecule has 1 aliphatic heterocycles. The minimum absolute atomic E-state index is 0.731. The van der Waals surface area contributed by atoms with Crippen molar-refractivity contribution in [3.05, 3.63) is 42.0 Å². The average molecular weight is 330 g/mol. The number of morpholine rings is 1. The molecular formula is C17H22N4OS. The third-order valence-corrected chi connectivity index (χ3v) is 4.78. The molecule has 0 N–H and O–H groups in total. The van der Waals surface area contributed by atoms with Crippen LogP contribution < -0.4 is 4.90 Å². The van der Waals surface area contributed by atoms with Gasteiger partial charge in [-0.05, 0) is 31.5 Å². The minimum atomic E-state index is 0.731. The molecule has 1 aliphatic rings. The molecule has 0 saturated carbocycles. The minimum Gasteiger partial charge on any atom is -0.378 e. The van der Waals surface area contributed by atoms with E-state index < -0.39 is 0 Å². The van der Waals surface area contributed by atoms with Gasteiger partial charge >= 0.3 is 0 Å². The summed E-state index contributed by atoms with van der Waals surface area (Å²) in [6.07, 6.45) is 0. The molecule has 2 aromatic rings. The Morgan fingerprint density at radius 3 is 2.78 bits per heavy atom. The van der Waals surface area contributed by atoms with Gasteiger partial charge in [0.05, 0.1) is 18.9 Å². The molecular weight excluding hydrogens is 308 g/mol. The highest BCUT2D eigenvalue weighted by molar-refractivity contribution is 7.99. The van der Waals surface area contributed by atoms with E-state index in [4.69, 9.17) is 4.74 Å². The fourth-order valence-corrected chi connectivity index (χ4v) is 3.29. The Kier molecular flexibility index (Phi) is 5.03. The first-order valence-corrected chi connectivity index (χ1v) is 8.76. The van der Waals surface area contributed by atoms with Crippen LogP contribution in [-0.2, 0) is 4.74 Å². The number of rotatable bonds is 5. The fraction of sp³-hybridized carbons (Fsp3) is 0.412. The summed E-state index contributed by atoms with van der Waals surface area (Å²) in [5.41, 5.74) is 3.45. The molecule has 1 aromatic heterocycles. The molecule has 6 heteroatoms. The van der Waals surface area contributed by atoms with Gasteiger partial charge in [-0.1, -0.05) is 36.0 Å². The first-order chi connectivity index (χ1) is 11.1. The number of ether oxygens (including phenoxy) is 1. The van der Waals surface area contributed by atoms with Crippen LogP contribution in [0.4, 0.5) is 5.95 Å². The maximum atomic E-state index is 5.46. The molecule has 1 aromatic carbocycles. The van der Waals surface area contributed by atoms with Crippen molar-refractivity contribution in [3.63, 3.8) is 0 Å². The Morgan fingerprint density at radius 2 is 2.09 bits per heavy atom. The topological polar surface area (TPSA) is 43.2 Å². The summed E-state index contributed by atoms with van der Waals surface area (Å²) in [6.45, 7) is 11.3. The monoisotopic (exact) mass is 330 g/mol. The van der Waals surface area contributed by atoms with E-state index in [-0.39, 0.29) is 0 Å². The van der Waals surface area contributed by atoms with E-state index in [1.54, 1.807) is 11.8 Å². The van der Waals surface area contributed by atoms with Crippen molar-refractivity contribution < 1.29 is 4.74 Å². The van der Waals surface area contributed by atoms with Gasteiger partial charge in [-0.25, -0.2) is 0 Å². The molecule has 0 unspecified atom stereocenters. The number of aromatic nitrogens is 3. The Hall–Kier alpha value is -1.79. The second-order valence-electron chi connectivity index (χ2n) is 5.80. The number of hydrogen-bond donors (Lipinski definition) is 0. The summed E-state index contributed by atoms with van der Waals surface area (Å²) in [4.78, 5) is 2.24. The van der Waals surface area contributed by atoms with Crippen LogP contribution in [0.3, 0.4) is 0 Å². The molecule has 3 rings (SSSR count). The lowest BCUT2D eigenvalue weighted by Crippen LogP contribution is -2.37. The highest BCUT2D eigenvalue weighted by atomic mass is 32.2. The van der Waals surface area contributed by atoms with Crippen molar-refractivity contribution >= 4 is 17.7 Å². The summed E-state index contributed by atoms with van der Waals surface area (Å²) in [6, 6.07) is 8.44. The summed E-state index contributed by atoms with van der Waals surface area (Å²) in [7, 11) is 0. The zero-order valence-electron chi connectivity index (χ0n) is 13.7. The summed E-state index contributed by atoms with van der Waals surface area (Å²) in [5, 5.41) is 9.78. The maximum absolute atomic E-state index is 5.46. The van der Waals surface area contributed by atoms with Crippen molar-refractivity contribution in [2.24, 2.45) is 0 Å². The van der Waals surface area contributed by atoms with Gasteiger partial charge in [-0.3, -0.25) is 4.57 Å². The van der Waals surface area contributed by atoms with Crippen LogP contribution in [0.2, 0.25) is 0 Å². The third kappa shape index (κ3) is 3.76. The van der Waals surface area contributed by atoms with Crippen molar-refractivity contribution in [2.45, 2.75) is 19.0 Å². The molecule has 2 heterocycles. The number of thioether (sulfide) groups is 1. The second kappa shape index (κ2) is 7.19. The smallest absolute Gasteiger partial charge is 0.232 e. The predicted octanol–water partition coefficient (Wildman–Crippen LogP) is 3.08.